The number of para-hydroxylation sites is 1. The smallest absolute Gasteiger partial charge is 0.408 e. The Morgan fingerprint density at radius 1 is 1.02 bits per heavy atom. The number of hydrogen-bond acceptors (Lipinski definition) is 13. The van der Waals surface area contributed by atoms with Crippen molar-refractivity contribution in [3.05, 3.63) is 83.3 Å². The van der Waals surface area contributed by atoms with E-state index in [9.17, 15) is 14.4 Å². The average molecular weight is 894 g/mol. The number of fused-ring (bicyclic) bond motifs is 1. The van der Waals surface area contributed by atoms with Gasteiger partial charge in [-0.2, -0.15) is 5.10 Å². The van der Waals surface area contributed by atoms with E-state index in [1.165, 1.54) is 30.2 Å². The van der Waals surface area contributed by atoms with Crippen LogP contribution in [0.2, 0.25) is 5.02 Å². The number of nitrogens with one attached hydrogen (secondary N) is 5. The van der Waals surface area contributed by atoms with Crippen LogP contribution in [0.1, 0.15) is 59.4 Å². The first-order valence-corrected chi connectivity index (χ1v) is 20.4. The molecule has 0 bridgehead atoms. The quantitative estimate of drug-likeness (QED) is 0.0228. The number of rotatable bonds is 20. The van der Waals surface area contributed by atoms with E-state index < -0.39 is 47.3 Å². The van der Waals surface area contributed by atoms with E-state index in [2.05, 4.69) is 31.2 Å². The first kappa shape index (κ1) is 47.2. The molecule has 0 radical (unpaired) electrons. The van der Waals surface area contributed by atoms with Crippen LogP contribution in [0.25, 0.3) is 22.4 Å². The number of anilines is 2. The van der Waals surface area contributed by atoms with Gasteiger partial charge < -0.3 is 45.9 Å². The molecule has 3 aromatic heterocycles. The molecule has 0 spiro atoms. The highest BCUT2D eigenvalue weighted by Gasteiger charge is 2.27. The van der Waals surface area contributed by atoms with Crippen LogP contribution in [0.15, 0.2) is 61.1 Å². The molecule has 3 heterocycles. The van der Waals surface area contributed by atoms with Crippen molar-refractivity contribution in [2.24, 2.45) is 5.73 Å². The Hall–Kier alpha value is -6.83. The number of nitrogens with zero attached hydrogens (tertiary/aromatic N) is 5. The number of amides is 2. The van der Waals surface area contributed by atoms with Gasteiger partial charge in [-0.25, -0.2) is 28.3 Å². The second kappa shape index (κ2) is 21.8. The summed E-state index contributed by atoms with van der Waals surface area (Å²) in [6.07, 6.45) is 4.36. The number of halogens is 3. The van der Waals surface area contributed by atoms with Crippen LogP contribution in [0, 0.1) is 17.0 Å². The van der Waals surface area contributed by atoms with Crippen molar-refractivity contribution >= 4 is 57.9 Å². The van der Waals surface area contributed by atoms with Crippen LogP contribution in [0.5, 0.6) is 11.5 Å². The van der Waals surface area contributed by atoms with Gasteiger partial charge in [0.1, 0.15) is 40.8 Å². The van der Waals surface area contributed by atoms with Crippen LogP contribution in [-0.4, -0.2) is 92.7 Å². The van der Waals surface area contributed by atoms with E-state index >= 15 is 8.78 Å². The van der Waals surface area contributed by atoms with Crippen molar-refractivity contribution in [3.8, 4) is 23.0 Å². The number of ether oxygens (including phenoxy) is 4. The third kappa shape index (κ3) is 13.6. The molecular weight excluding hydrogens is 844 g/mol. The number of guanidine groups is 1. The Labute approximate surface area is 367 Å². The molecule has 0 aliphatic rings. The monoisotopic (exact) mass is 893 g/mol. The number of pyridine rings is 1. The largest absolute Gasteiger partial charge is 0.494 e. The zero-order valence-electron chi connectivity index (χ0n) is 35.4. The third-order valence-corrected chi connectivity index (χ3v) is 9.18. The molecule has 0 aliphatic heterocycles. The zero-order valence-corrected chi connectivity index (χ0v) is 36.1. The predicted molar refractivity (Wildman–Crippen MR) is 231 cm³/mol. The van der Waals surface area contributed by atoms with Gasteiger partial charge in [-0.05, 0) is 59.6 Å². The fourth-order valence-corrected chi connectivity index (χ4v) is 6.15. The molecule has 7 N–H and O–H groups in total. The van der Waals surface area contributed by atoms with E-state index in [1.54, 1.807) is 58.0 Å². The summed E-state index contributed by atoms with van der Waals surface area (Å²) in [5.41, 5.74) is 5.69. The molecule has 2 atom stereocenters. The Balaban J connectivity index is 1.25. The van der Waals surface area contributed by atoms with Gasteiger partial charge in [0.15, 0.2) is 23.4 Å². The average Bonchev–Trinajstić information content (AvgIpc) is 3.59. The van der Waals surface area contributed by atoms with E-state index in [1.807, 2.05) is 0 Å². The first-order chi connectivity index (χ1) is 30.0. The minimum absolute atomic E-state index is 0.0441. The number of benzene rings is 2. The van der Waals surface area contributed by atoms with Gasteiger partial charge in [0.05, 0.1) is 48.8 Å². The molecule has 336 valence electrons. The molecule has 5 rings (SSSR count). The molecule has 0 fully saturated rings. The van der Waals surface area contributed by atoms with Gasteiger partial charge in [0.25, 0.3) is 0 Å². The summed E-state index contributed by atoms with van der Waals surface area (Å²) in [5, 5.41) is 23.8. The van der Waals surface area contributed by atoms with Crippen molar-refractivity contribution in [3.63, 3.8) is 0 Å². The van der Waals surface area contributed by atoms with Crippen LogP contribution >= 0.6 is 11.6 Å². The first-order valence-electron chi connectivity index (χ1n) is 20.0. The molecule has 0 saturated heterocycles. The zero-order chi connectivity index (χ0) is 45.7. The van der Waals surface area contributed by atoms with Gasteiger partial charge in [0.2, 0.25) is 5.91 Å². The van der Waals surface area contributed by atoms with Gasteiger partial charge in [0, 0.05) is 48.4 Å². The van der Waals surface area contributed by atoms with Gasteiger partial charge >= 0.3 is 12.1 Å². The van der Waals surface area contributed by atoms with Gasteiger partial charge in [-0.1, -0.05) is 29.8 Å². The van der Waals surface area contributed by atoms with Crippen molar-refractivity contribution in [2.75, 3.05) is 31.7 Å². The summed E-state index contributed by atoms with van der Waals surface area (Å²) in [6.45, 7) is 8.48. The highest BCUT2D eigenvalue weighted by atomic mass is 35.5. The maximum Gasteiger partial charge on any atom is 0.408 e. The van der Waals surface area contributed by atoms with E-state index in [0.717, 1.165) is 12.1 Å². The van der Waals surface area contributed by atoms with Crippen LogP contribution in [0.4, 0.5) is 25.1 Å². The standard InChI is InChI=1S/C42H50ClF2N11O7/c1-6-60-25-19-29(44)27(30(45)20-25)23-56-33-13-8-7-11-26(33)35(55-56)37-50-22-34(36(54-37)52-31-14-16-48-21-28(31)43)61-17-10-18-62-39(58)24(2)51-38(57)32(12-9-15-49-40(46)47)53-41(59)63-42(3,4)5/h7-8,11,13-14,16,19-22,24,32H,6,9-10,12,15,17-18,23H2,1-5H3,(H,51,57)(H,53,59)(H4,46,47,49)(H,48,50,52,54)/t24-,32-/m0/s1. The van der Waals surface area contributed by atoms with E-state index in [-0.39, 0.29) is 80.4 Å². The fourth-order valence-electron chi connectivity index (χ4n) is 5.99. The number of hydrogen-bond donors (Lipinski definition) is 6. The number of nitrogens with two attached hydrogens (primary N) is 1. The summed E-state index contributed by atoms with van der Waals surface area (Å²) in [5.74, 6) is -2.48. The van der Waals surface area contributed by atoms with Gasteiger partial charge in [-0.3, -0.25) is 19.9 Å². The molecule has 0 aliphatic carbocycles. The van der Waals surface area contributed by atoms with Gasteiger partial charge in [-0.15, -0.1) is 0 Å². The molecule has 21 heteroatoms. The summed E-state index contributed by atoms with van der Waals surface area (Å²) >= 11 is 6.42. The predicted octanol–water partition coefficient (Wildman–Crippen LogP) is 5.98. The molecular formula is C42H50ClF2N11O7. The summed E-state index contributed by atoms with van der Waals surface area (Å²) in [6, 6.07) is 8.92. The molecule has 18 nitrogen and oxygen atoms in total. The number of aromatic nitrogens is 5. The van der Waals surface area contributed by atoms with Crippen molar-refractivity contribution in [1.82, 2.24) is 40.7 Å². The molecule has 2 aromatic carbocycles. The topological polar surface area (TPSA) is 243 Å². The third-order valence-electron chi connectivity index (χ3n) is 8.88. The highest BCUT2D eigenvalue weighted by molar-refractivity contribution is 6.33. The lowest BCUT2D eigenvalue weighted by atomic mass is 10.1. The van der Waals surface area contributed by atoms with Crippen LogP contribution < -0.4 is 36.5 Å². The van der Waals surface area contributed by atoms with E-state index in [4.69, 9.17) is 51.8 Å². The molecule has 0 saturated carbocycles. The molecule has 5 aromatic rings. The minimum atomic E-state index is -1.07. The molecule has 2 amide bonds. The Morgan fingerprint density at radius 2 is 1.76 bits per heavy atom. The number of esters is 1. The second-order valence-electron chi connectivity index (χ2n) is 15.0. The lowest BCUT2D eigenvalue weighted by molar-refractivity contribution is -0.147. The lowest BCUT2D eigenvalue weighted by Gasteiger charge is -2.24. The van der Waals surface area contributed by atoms with Crippen LogP contribution in [-0.2, 0) is 25.6 Å². The Bertz CT molecular complexity index is 2390. The minimum Gasteiger partial charge on any atom is -0.494 e. The van der Waals surface area contributed by atoms with Crippen molar-refractivity contribution in [1.29, 1.82) is 5.41 Å². The fraction of sp³-hybridized carbons (Fsp3) is 0.381. The SMILES string of the molecule is CCOc1cc(F)c(Cn2nc(-c3ncc(OCCCOC(=O)[C@H](C)NC(=O)[C@H](CCCNC(=N)N)NC(=O)OC(C)(C)C)c(Nc4ccncc4Cl)n3)c3ccccc32)c(F)c1. The normalized spacial score (nSPS) is 12.2. The number of carbonyl (C=O) groups is 3. The Morgan fingerprint density at radius 3 is 2.46 bits per heavy atom. The van der Waals surface area contributed by atoms with Crippen LogP contribution in [0.3, 0.4) is 0 Å². The second-order valence-corrected chi connectivity index (χ2v) is 15.4. The maximum absolute atomic E-state index is 15.1. The maximum atomic E-state index is 15.1. The summed E-state index contributed by atoms with van der Waals surface area (Å²) in [7, 11) is 0. The van der Waals surface area contributed by atoms with Crippen molar-refractivity contribution < 1.29 is 42.1 Å². The number of alkyl carbamates (subject to hydrolysis) is 1. The summed E-state index contributed by atoms with van der Waals surface area (Å²) < 4.78 is 53.7. The lowest BCUT2D eigenvalue weighted by Crippen LogP contribution is -2.52. The Kier molecular flexibility index (Phi) is 16.3. The highest BCUT2D eigenvalue weighted by Crippen LogP contribution is 2.33. The molecule has 63 heavy (non-hydrogen) atoms. The summed E-state index contributed by atoms with van der Waals surface area (Å²) in [4.78, 5) is 51.8. The van der Waals surface area contributed by atoms with E-state index in [0.29, 0.717) is 33.7 Å². The molecule has 0 unspecified atom stereocenters. The number of carbonyl (C=O) groups excluding carboxylic acids is 3. The van der Waals surface area contributed by atoms with Crippen molar-refractivity contribution in [2.45, 2.75) is 78.1 Å².